The van der Waals surface area contributed by atoms with E-state index in [2.05, 4.69) is 10.0 Å². The third kappa shape index (κ3) is 5.88. The molecule has 0 spiro atoms. The van der Waals surface area contributed by atoms with Gasteiger partial charge in [0.25, 0.3) is 5.91 Å². The summed E-state index contributed by atoms with van der Waals surface area (Å²) in [6, 6.07) is 13.1. The van der Waals surface area contributed by atoms with Crippen LogP contribution in [0.25, 0.3) is 0 Å². The van der Waals surface area contributed by atoms with Crippen molar-refractivity contribution in [3.05, 3.63) is 82.8 Å². The molecule has 0 saturated heterocycles. The maximum absolute atomic E-state index is 12.8. The van der Waals surface area contributed by atoms with E-state index in [-0.39, 0.29) is 17.0 Å². The zero-order valence-corrected chi connectivity index (χ0v) is 19.7. The number of furan rings is 1. The first kappa shape index (κ1) is 24.2. The highest BCUT2D eigenvalue weighted by atomic mass is 32.2. The Bertz CT molecular complexity index is 1250. The summed E-state index contributed by atoms with van der Waals surface area (Å²) in [4.78, 5) is 25.2. The fourth-order valence-corrected chi connectivity index (χ4v) is 4.18. The number of rotatable bonds is 8. The maximum atomic E-state index is 12.8. The van der Waals surface area contributed by atoms with Gasteiger partial charge < -0.3 is 14.5 Å². The Morgan fingerprint density at radius 3 is 2.33 bits per heavy atom. The lowest BCUT2D eigenvalue weighted by molar-refractivity contribution is -0.123. The van der Waals surface area contributed by atoms with E-state index < -0.39 is 28.0 Å². The fourth-order valence-electron chi connectivity index (χ4n) is 3.16. The second-order valence-electron chi connectivity index (χ2n) is 7.68. The summed E-state index contributed by atoms with van der Waals surface area (Å²) in [5.74, 6) is -0.823. The number of sulfonamides is 1. The van der Waals surface area contributed by atoms with E-state index in [1.165, 1.54) is 31.4 Å². The number of benzene rings is 2. The van der Waals surface area contributed by atoms with E-state index in [9.17, 15) is 18.0 Å². The molecule has 1 atom stereocenters. The van der Waals surface area contributed by atoms with Crippen LogP contribution in [-0.4, -0.2) is 26.4 Å². The van der Waals surface area contributed by atoms with Crippen LogP contribution >= 0.6 is 0 Å². The smallest absolute Gasteiger partial charge is 0.339 e. The number of hydrogen-bond donors (Lipinski definition) is 2. The third-order valence-corrected chi connectivity index (χ3v) is 6.54. The van der Waals surface area contributed by atoms with Crippen molar-refractivity contribution >= 4 is 27.6 Å². The summed E-state index contributed by atoms with van der Waals surface area (Å²) >= 11 is 0. The first-order valence-electron chi connectivity index (χ1n) is 10.3. The van der Waals surface area contributed by atoms with Crippen molar-refractivity contribution < 1.29 is 27.2 Å². The number of nitrogens with one attached hydrogen (secondary N) is 2. The second-order valence-corrected chi connectivity index (χ2v) is 9.45. The molecule has 0 aliphatic rings. The number of para-hydroxylation sites is 1. The molecular formula is C24H26N2O6S. The van der Waals surface area contributed by atoms with Gasteiger partial charge in [0.15, 0.2) is 6.10 Å². The number of carbonyl (C=O) groups is 2. The van der Waals surface area contributed by atoms with E-state index in [0.717, 1.165) is 11.1 Å². The fraction of sp³-hybridized carbons (Fsp3) is 0.250. The average Bonchev–Trinajstić information content (AvgIpc) is 3.28. The Hall–Kier alpha value is -3.43. The van der Waals surface area contributed by atoms with Crippen molar-refractivity contribution in [2.75, 3.05) is 5.32 Å². The molecule has 3 rings (SSSR count). The van der Waals surface area contributed by atoms with Gasteiger partial charge in [0.2, 0.25) is 10.0 Å². The molecule has 3 aromatic rings. The molecule has 0 aliphatic heterocycles. The highest BCUT2D eigenvalue weighted by Crippen LogP contribution is 2.21. The van der Waals surface area contributed by atoms with Gasteiger partial charge in [-0.25, -0.2) is 17.9 Å². The number of anilines is 1. The van der Waals surface area contributed by atoms with Crippen molar-refractivity contribution in [3.63, 3.8) is 0 Å². The number of carbonyl (C=O) groups excluding carboxylic acids is 2. The van der Waals surface area contributed by atoms with Crippen molar-refractivity contribution in [1.29, 1.82) is 0 Å². The third-order valence-electron chi connectivity index (χ3n) is 5.14. The maximum Gasteiger partial charge on any atom is 0.339 e. The lowest BCUT2D eigenvalue weighted by Crippen LogP contribution is -2.31. The number of amides is 1. The van der Waals surface area contributed by atoms with Crippen LogP contribution in [0.4, 0.5) is 5.69 Å². The Labute approximate surface area is 193 Å². The van der Waals surface area contributed by atoms with Gasteiger partial charge in [-0.2, -0.15) is 0 Å². The van der Waals surface area contributed by atoms with Crippen LogP contribution in [0.1, 0.15) is 39.7 Å². The molecule has 33 heavy (non-hydrogen) atoms. The van der Waals surface area contributed by atoms with Crippen LogP contribution in [0.2, 0.25) is 0 Å². The number of esters is 1. The van der Waals surface area contributed by atoms with Crippen LogP contribution in [0.15, 0.2) is 64.1 Å². The molecule has 2 N–H and O–H groups in total. The zero-order valence-electron chi connectivity index (χ0n) is 18.8. The molecule has 0 unspecified atom stereocenters. The molecule has 0 bridgehead atoms. The molecule has 1 aromatic heterocycles. The lowest BCUT2D eigenvalue weighted by atomic mass is 10.1. The van der Waals surface area contributed by atoms with E-state index in [0.29, 0.717) is 17.0 Å². The SMILES string of the molecule is Cc1ccc(S(=O)(=O)NCc2ccco2)cc1C(=O)O[C@@H](C)C(=O)Nc1c(C)cccc1C. The van der Waals surface area contributed by atoms with Crippen molar-refractivity contribution in [3.8, 4) is 0 Å². The molecule has 174 valence electrons. The molecule has 0 radical (unpaired) electrons. The van der Waals surface area contributed by atoms with Gasteiger partial charge in [0.1, 0.15) is 5.76 Å². The summed E-state index contributed by atoms with van der Waals surface area (Å²) in [7, 11) is -3.90. The van der Waals surface area contributed by atoms with Gasteiger partial charge in [-0.3, -0.25) is 4.79 Å². The van der Waals surface area contributed by atoms with Crippen LogP contribution < -0.4 is 10.0 Å². The van der Waals surface area contributed by atoms with Crippen LogP contribution in [-0.2, 0) is 26.1 Å². The van der Waals surface area contributed by atoms with E-state index in [1.54, 1.807) is 19.1 Å². The van der Waals surface area contributed by atoms with E-state index in [4.69, 9.17) is 9.15 Å². The Balaban J connectivity index is 1.72. The molecule has 8 nitrogen and oxygen atoms in total. The zero-order chi connectivity index (χ0) is 24.2. The average molecular weight is 471 g/mol. The minimum absolute atomic E-state index is 0.0293. The standard InChI is InChI=1S/C24H26N2O6S/c1-15-10-11-20(33(29,30)25-14-19-9-6-12-31-19)13-21(15)24(28)32-18(4)23(27)26-22-16(2)7-5-8-17(22)3/h5-13,18,25H,14H2,1-4H3,(H,26,27)/t18-/m0/s1. The van der Waals surface area contributed by atoms with Gasteiger partial charge in [-0.1, -0.05) is 24.3 Å². The van der Waals surface area contributed by atoms with Gasteiger partial charge >= 0.3 is 5.97 Å². The molecule has 0 saturated carbocycles. The molecule has 1 amide bonds. The topological polar surface area (TPSA) is 115 Å². The van der Waals surface area contributed by atoms with Gasteiger partial charge in [-0.05, 0) is 68.7 Å². The molecule has 0 aliphatic carbocycles. The summed E-state index contributed by atoms with van der Waals surface area (Å²) in [6.07, 6.45) is 0.356. The summed E-state index contributed by atoms with van der Waals surface area (Å²) < 4.78 is 38.2. The first-order valence-corrected chi connectivity index (χ1v) is 11.8. The Kier molecular flexibility index (Phi) is 7.35. The normalized spacial score (nSPS) is 12.2. The highest BCUT2D eigenvalue weighted by Gasteiger charge is 2.23. The van der Waals surface area contributed by atoms with Crippen LogP contribution in [0.3, 0.4) is 0 Å². The van der Waals surface area contributed by atoms with Crippen LogP contribution in [0.5, 0.6) is 0 Å². The predicted octanol–water partition coefficient (Wildman–Crippen LogP) is 3.87. The van der Waals surface area contributed by atoms with E-state index in [1.807, 2.05) is 32.0 Å². The predicted molar refractivity (Wildman–Crippen MR) is 123 cm³/mol. The molecule has 1 heterocycles. The summed E-state index contributed by atoms with van der Waals surface area (Å²) in [5, 5.41) is 2.78. The van der Waals surface area contributed by atoms with Crippen LogP contribution in [0, 0.1) is 20.8 Å². The van der Waals surface area contributed by atoms with Crippen molar-refractivity contribution in [2.45, 2.75) is 45.2 Å². The highest BCUT2D eigenvalue weighted by molar-refractivity contribution is 7.89. The molecule has 0 fully saturated rings. The Morgan fingerprint density at radius 2 is 1.70 bits per heavy atom. The summed E-state index contributed by atoms with van der Waals surface area (Å²) in [5.41, 5.74) is 3.02. The summed E-state index contributed by atoms with van der Waals surface area (Å²) in [6.45, 7) is 6.83. The van der Waals surface area contributed by atoms with Gasteiger partial charge in [0.05, 0.1) is 23.3 Å². The number of ether oxygens (including phenoxy) is 1. The minimum Gasteiger partial charge on any atom is -0.468 e. The lowest BCUT2D eigenvalue weighted by Gasteiger charge is -2.17. The molecule has 2 aromatic carbocycles. The molecular weight excluding hydrogens is 444 g/mol. The number of aryl methyl sites for hydroxylation is 3. The van der Waals surface area contributed by atoms with Gasteiger partial charge in [0, 0.05) is 5.69 Å². The Morgan fingerprint density at radius 1 is 1.00 bits per heavy atom. The number of hydrogen-bond acceptors (Lipinski definition) is 6. The quantitative estimate of drug-likeness (QED) is 0.483. The second kappa shape index (κ2) is 10.0. The largest absolute Gasteiger partial charge is 0.468 e. The monoisotopic (exact) mass is 470 g/mol. The van der Waals surface area contributed by atoms with Gasteiger partial charge in [-0.15, -0.1) is 0 Å². The molecule has 9 heteroatoms. The minimum atomic E-state index is -3.90. The first-order chi connectivity index (χ1) is 15.6. The van der Waals surface area contributed by atoms with Crippen molar-refractivity contribution in [1.82, 2.24) is 4.72 Å². The van der Waals surface area contributed by atoms with E-state index >= 15 is 0 Å². The van der Waals surface area contributed by atoms with Crippen molar-refractivity contribution in [2.24, 2.45) is 0 Å².